The molecule has 0 unspecified atom stereocenters. The van der Waals surface area contributed by atoms with Crippen LogP contribution in [-0.2, 0) is 10.0 Å². The van der Waals surface area contributed by atoms with E-state index in [-0.39, 0.29) is 10.7 Å². The summed E-state index contributed by atoms with van der Waals surface area (Å²) in [5.74, 6) is 0.628. The molecule has 1 fully saturated rings. The second kappa shape index (κ2) is 7.47. The number of benzene rings is 2. The number of piperazine rings is 1. The standard InChI is InChI=1S/C19H22N2O4S/c1-15(22)16-5-3-8-19(13-16)26(23,24)21-11-9-20(10-12-21)17-6-4-7-18(14-17)25-2/h3-8,13-14H,9-12H2,1-2H3. The van der Waals surface area contributed by atoms with Gasteiger partial charge in [0.05, 0.1) is 12.0 Å². The monoisotopic (exact) mass is 374 g/mol. The third-order valence-electron chi connectivity index (χ3n) is 4.54. The number of methoxy groups -OCH3 is 1. The second-order valence-electron chi connectivity index (χ2n) is 6.18. The summed E-state index contributed by atoms with van der Waals surface area (Å²) in [7, 11) is -1.98. The van der Waals surface area contributed by atoms with E-state index in [2.05, 4.69) is 4.90 Å². The quantitative estimate of drug-likeness (QED) is 0.752. The molecule has 2 aromatic carbocycles. The zero-order chi connectivity index (χ0) is 18.7. The lowest BCUT2D eigenvalue weighted by Gasteiger charge is -2.35. The molecule has 1 aliphatic rings. The minimum Gasteiger partial charge on any atom is -0.497 e. The van der Waals surface area contributed by atoms with Crippen LogP contribution in [0.5, 0.6) is 5.75 Å². The maximum atomic E-state index is 12.9. The number of carbonyl (C=O) groups excluding carboxylic acids is 1. The fourth-order valence-corrected chi connectivity index (χ4v) is 4.49. The van der Waals surface area contributed by atoms with E-state index in [0.717, 1.165) is 11.4 Å². The van der Waals surface area contributed by atoms with Crippen molar-refractivity contribution >= 4 is 21.5 Å². The molecule has 6 nitrogen and oxygen atoms in total. The van der Waals surface area contributed by atoms with Crippen LogP contribution in [0.25, 0.3) is 0 Å². The van der Waals surface area contributed by atoms with E-state index in [4.69, 9.17) is 4.74 Å². The highest BCUT2D eigenvalue weighted by Crippen LogP contribution is 2.24. The first-order valence-electron chi connectivity index (χ1n) is 8.42. The first-order chi connectivity index (χ1) is 12.4. The first kappa shape index (κ1) is 18.4. The Hall–Kier alpha value is -2.38. The number of Topliss-reactive ketones (excluding diaryl/α,β-unsaturated/α-hetero) is 1. The van der Waals surface area contributed by atoms with Crippen LogP contribution in [0.2, 0.25) is 0 Å². The van der Waals surface area contributed by atoms with Crippen LogP contribution in [0, 0.1) is 0 Å². The van der Waals surface area contributed by atoms with Crippen LogP contribution in [-0.4, -0.2) is 51.8 Å². The Morgan fingerprint density at radius 2 is 1.69 bits per heavy atom. The van der Waals surface area contributed by atoms with Crippen LogP contribution >= 0.6 is 0 Å². The third-order valence-corrected chi connectivity index (χ3v) is 6.43. The van der Waals surface area contributed by atoms with Crippen LogP contribution in [0.1, 0.15) is 17.3 Å². The zero-order valence-electron chi connectivity index (χ0n) is 14.9. The molecule has 26 heavy (non-hydrogen) atoms. The van der Waals surface area contributed by atoms with Gasteiger partial charge in [-0.25, -0.2) is 8.42 Å². The molecule has 1 heterocycles. The lowest BCUT2D eigenvalue weighted by atomic mass is 10.2. The summed E-state index contributed by atoms with van der Waals surface area (Å²) in [5, 5.41) is 0. The Kier molecular flexibility index (Phi) is 5.29. The van der Waals surface area contributed by atoms with Gasteiger partial charge < -0.3 is 9.64 Å². The van der Waals surface area contributed by atoms with Crippen molar-refractivity contribution in [3.8, 4) is 5.75 Å². The average molecular weight is 374 g/mol. The molecule has 0 spiro atoms. The Morgan fingerprint density at radius 1 is 1.00 bits per heavy atom. The number of nitrogens with zero attached hydrogens (tertiary/aromatic N) is 2. The van der Waals surface area contributed by atoms with Crippen molar-refractivity contribution in [1.82, 2.24) is 4.31 Å². The van der Waals surface area contributed by atoms with Crippen molar-refractivity contribution in [2.75, 3.05) is 38.2 Å². The first-order valence-corrected chi connectivity index (χ1v) is 9.86. The Morgan fingerprint density at radius 3 is 2.35 bits per heavy atom. The fraction of sp³-hybridized carbons (Fsp3) is 0.316. The maximum Gasteiger partial charge on any atom is 0.243 e. The highest BCUT2D eigenvalue weighted by atomic mass is 32.2. The predicted molar refractivity (Wildman–Crippen MR) is 100 cm³/mol. The smallest absolute Gasteiger partial charge is 0.243 e. The second-order valence-corrected chi connectivity index (χ2v) is 8.11. The molecule has 0 atom stereocenters. The number of anilines is 1. The maximum absolute atomic E-state index is 12.9. The van der Waals surface area contributed by atoms with Gasteiger partial charge in [0, 0.05) is 43.5 Å². The Labute approximate surface area is 154 Å². The van der Waals surface area contributed by atoms with E-state index in [9.17, 15) is 13.2 Å². The van der Waals surface area contributed by atoms with Gasteiger partial charge in [-0.05, 0) is 31.2 Å². The molecule has 0 amide bonds. The highest BCUT2D eigenvalue weighted by Gasteiger charge is 2.29. The molecule has 0 N–H and O–H groups in total. The Bertz CT molecular complexity index is 903. The number of rotatable bonds is 5. The number of sulfonamides is 1. The van der Waals surface area contributed by atoms with Crippen molar-refractivity contribution in [1.29, 1.82) is 0 Å². The van der Waals surface area contributed by atoms with Gasteiger partial charge >= 0.3 is 0 Å². The van der Waals surface area contributed by atoms with Crippen LogP contribution in [0.15, 0.2) is 53.4 Å². The van der Waals surface area contributed by atoms with Gasteiger partial charge in [-0.2, -0.15) is 4.31 Å². The summed E-state index contributed by atoms with van der Waals surface area (Å²) >= 11 is 0. The molecule has 7 heteroatoms. The number of hydrogen-bond acceptors (Lipinski definition) is 5. The third kappa shape index (κ3) is 3.73. The predicted octanol–water partition coefficient (Wildman–Crippen LogP) is 2.41. The van der Waals surface area contributed by atoms with Crippen molar-refractivity contribution in [3.05, 3.63) is 54.1 Å². The summed E-state index contributed by atoms with van der Waals surface area (Å²) in [4.78, 5) is 13.8. The van der Waals surface area contributed by atoms with E-state index in [1.54, 1.807) is 19.2 Å². The topological polar surface area (TPSA) is 66.9 Å². The molecule has 0 saturated carbocycles. The van der Waals surface area contributed by atoms with Gasteiger partial charge in [0.15, 0.2) is 5.78 Å². The molecule has 0 bridgehead atoms. The average Bonchev–Trinajstić information content (AvgIpc) is 2.68. The van der Waals surface area contributed by atoms with E-state index >= 15 is 0 Å². The van der Waals surface area contributed by atoms with Gasteiger partial charge in [-0.3, -0.25) is 4.79 Å². The van der Waals surface area contributed by atoms with Crippen molar-refractivity contribution in [2.45, 2.75) is 11.8 Å². The van der Waals surface area contributed by atoms with Gasteiger partial charge in [0.2, 0.25) is 10.0 Å². The van der Waals surface area contributed by atoms with Gasteiger partial charge in [0.25, 0.3) is 0 Å². The molecule has 0 aliphatic carbocycles. The Balaban J connectivity index is 1.74. The summed E-state index contributed by atoms with van der Waals surface area (Å²) in [6.45, 7) is 3.41. The van der Waals surface area contributed by atoms with Crippen molar-refractivity contribution < 1.29 is 17.9 Å². The minimum atomic E-state index is -3.61. The SMILES string of the molecule is COc1cccc(N2CCN(S(=O)(=O)c3cccc(C(C)=O)c3)CC2)c1. The molecule has 138 valence electrons. The van der Waals surface area contributed by atoms with Gasteiger partial charge in [0.1, 0.15) is 5.75 Å². The lowest BCUT2D eigenvalue weighted by Crippen LogP contribution is -2.48. The summed E-state index contributed by atoms with van der Waals surface area (Å²) in [6, 6.07) is 14.0. The van der Waals surface area contributed by atoms with E-state index in [0.29, 0.717) is 31.7 Å². The fourth-order valence-electron chi connectivity index (χ4n) is 3.02. The van der Waals surface area contributed by atoms with Crippen molar-refractivity contribution in [3.63, 3.8) is 0 Å². The minimum absolute atomic E-state index is 0.148. The van der Waals surface area contributed by atoms with Gasteiger partial charge in [-0.15, -0.1) is 0 Å². The summed E-state index contributed by atoms with van der Waals surface area (Å²) < 4.78 is 32.5. The van der Waals surface area contributed by atoms with Crippen LogP contribution in [0.4, 0.5) is 5.69 Å². The van der Waals surface area contributed by atoms with E-state index < -0.39 is 10.0 Å². The molecular formula is C19H22N2O4S. The molecule has 2 aromatic rings. The van der Waals surface area contributed by atoms with Crippen LogP contribution < -0.4 is 9.64 Å². The lowest BCUT2D eigenvalue weighted by molar-refractivity contribution is 0.101. The molecule has 3 rings (SSSR count). The number of ketones is 1. The van der Waals surface area contributed by atoms with Gasteiger partial charge in [-0.1, -0.05) is 18.2 Å². The molecule has 0 aromatic heterocycles. The van der Waals surface area contributed by atoms with E-state index in [1.165, 1.54) is 23.4 Å². The number of hydrogen-bond donors (Lipinski definition) is 0. The molecule has 1 saturated heterocycles. The molecular weight excluding hydrogens is 352 g/mol. The number of ether oxygens (including phenoxy) is 1. The zero-order valence-corrected chi connectivity index (χ0v) is 15.7. The summed E-state index contributed by atoms with van der Waals surface area (Å²) in [6.07, 6.45) is 0. The normalized spacial score (nSPS) is 15.7. The van der Waals surface area contributed by atoms with Crippen LogP contribution in [0.3, 0.4) is 0 Å². The largest absolute Gasteiger partial charge is 0.497 e. The highest BCUT2D eigenvalue weighted by molar-refractivity contribution is 7.89. The van der Waals surface area contributed by atoms with E-state index in [1.807, 2.05) is 24.3 Å². The number of carbonyl (C=O) groups is 1. The van der Waals surface area contributed by atoms with Crippen molar-refractivity contribution in [2.24, 2.45) is 0 Å². The summed E-state index contributed by atoms with van der Waals surface area (Å²) in [5.41, 5.74) is 1.42. The molecule has 1 aliphatic heterocycles. The molecule has 0 radical (unpaired) electrons.